The van der Waals surface area contributed by atoms with E-state index in [1.54, 1.807) is 0 Å². The van der Waals surface area contributed by atoms with Gasteiger partial charge >= 0.3 is 0 Å². The summed E-state index contributed by atoms with van der Waals surface area (Å²) in [5.74, 6) is -0.00756. The van der Waals surface area contributed by atoms with Gasteiger partial charge in [0.25, 0.3) is 11.8 Å². The van der Waals surface area contributed by atoms with E-state index in [9.17, 15) is 9.59 Å². The van der Waals surface area contributed by atoms with Crippen molar-refractivity contribution in [1.29, 1.82) is 0 Å². The third-order valence-corrected chi connectivity index (χ3v) is 6.29. The predicted molar refractivity (Wildman–Crippen MR) is 134 cm³/mol. The average Bonchev–Trinajstić information content (AvgIpc) is 2.89. The number of nitrogens with one attached hydrogen (secondary N) is 1. The summed E-state index contributed by atoms with van der Waals surface area (Å²) < 4.78 is 0. The van der Waals surface area contributed by atoms with Crippen LogP contribution in [0.3, 0.4) is 0 Å². The van der Waals surface area contributed by atoms with Gasteiger partial charge in [-0.3, -0.25) is 9.59 Å². The van der Waals surface area contributed by atoms with Crippen molar-refractivity contribution < 1.29 is 9.59 Å². The molecule has 170 valence electrons. The van der Waals surface area contributed by atoms with E-state index in [0.717, 1.165) is 42.9 Å². The molecular formula is C28H31N3O2. The molecule has 5 nitrogen and oxygen atoms in total. The quantitative estimate of drug-likeness (QED) is 0.584. The molecule has 0 radical (unpaired) electrons. The molecule has 1 N–H and O–H groups in total. The van der Waals surface area contributed by atoms with Gasteiger partial charge in [0.1, 0.15) is 0 Å². The maximum Gasteiger partial charge on any atom is 0.255 e. The fourth-order valence-electron chi connectivity index (χ4n) is 4.08. The van der Waals surface area contributed by atoms with Crippen LogP contribution < -0.4 is 10.2 Å². The van der Waals surface area contributed by atoms with Gasteiger partial charge in [-0.2, -0.15) is 0 Å². The van der Waals surface area contributed by atoms with Crippen LogP contribution in [-0.2, 0) is 12.8 Å². The van der Waals surface area contributed by atoms with Crippen LogP contribution in [0.25, 0.3) is 0 Å². The summed E-state index contributed by atoms with van der Waals surface area (Å²) in [6.45, 7) is 7.17. The molecule has 4 rings (SSSR count). The van der Waals surface area contributed by atoms with Crippen LogP contribution in [0, 0.1) is 0 Å². The molecule has 3 aromatic carbocycles. The maximum atomic E-state index is 12.8. The summed E-state index contributed by atoms with van der Waals surface area (Å²) >= 11 is 0. The molecule has 5 heteroatoms. The smallest absolute Gasteiger partial charge is 0.255 e. The van der Waals surface area contributed by atoms with Gasteiger partial charge in [-0.15, -0.1) is 0 Å². The minimum atomic E-state index is -0.107. The summed E-state index contributed by atoms with van der Waals surface area (Å²) in [4.78, 5) is 29.5. The van der Waals surface area contributed by atoms with E-state index >= 15 is 0 Å². The second kappa shape index (κ2) is 10.3. The van der Waals surface area contributed by atoms with Crippen LogP contribution in [0.1, 0.15) is 45.7 Å². The van der Waals surface area contributed by atoms with Crippen molar-refractivity contribution in [2.24, 2.45) is 0 Å². The number of aryl methyl sites for hydroxylation is 2. The molecule has 0 aliphatic carbocycles. The van der Waals surface area contributed by atoms with Crippen molar-refractivity contribution in [1.82, 2.24) is 4.90 Å². The number of rotatable bonds is 6. The molecule has 0 bridgehead atoms. The first-order valence-electron chi connectivity index (χ1n) is 11.7. The molecule has 3 aromatic rings. The van der Waals surface area contributed by atoms with Crippen LogP contribution in [-0.4, -0.2) is 42.9 Å². The minimum absolute atomic E-state index is 0.0994. The number of amides is 2. The van der Waals surface area contributed by atoms with Crippen LogP contribution in [0.15, 0.2) is 72.8 Å². The Morgan fingerprint density at radius 3 is 1.73 bits per heavy atom. The number of piperazine rings is 1. The van der Waals surface area contributed by atoms with Crippen molar-refractivity contribution in [2.75, 3.05) is 36.4 Å². The maximum absolute atomic E-state index is 12.8. The number of hydrogen-bond donors (Lipinski definition) is 1. The van der Waals surface area contributed by atoms with Gasteiger partial charge in [0.15, 0.2) is 0 Å². The second-order valence-corrected chi connectivity index (χ2v) is 8.38. The van der Waals surface area contributed by atoms with Gasteiger partial charge in [0.2, 0.25) is 0 Å². The zero-order valence-corrected chi connectivity index (χ0v) is 19.4. The largest absolute Gasteiger partial charge is 0.368 e. The van der Waals surface area contributed by atoms with Crippen LogP contribution in [0.2, 0.25) is 0 Å². The first-order valence-corrected chi connectivity index (χ1v) is 11.7. The Balaban J connectivity index is 1.31. The first-order chi connectivity index (χ1) is 16.1. The molecule has 0 unspecified atom stereocenters. The summed E-state index contributed by atoms with van der Waals surface area (Å²) in [7, 11) is 0. The highest BCUT2D eigenvalue weighted by atomic mass is 16.2. The van der Waals surface area contributed by atoms with Crippen LogP contribution in [0.4, 0.5) is 11.4 Å². The van der Waals surface area contributed by atoms with Crippen molar-refractivity contribution in [3.8, 4) is 0 Å². The lowest BCUT2D eigenvalue weighted by Crippen LogP contribution is -2.48. The Labute approximate surface area is 196 Å². The zero-order chi connectivity index (χ0) is 23.2. The Bertz CT molecular complexity index is 1080. The van der Waals surface area contributed by atoms with E-state index in [-0.39, 0.29) is 11.8 Å². The number of anilines is 2. The first kappa shape index (κ1) is 22.6. The summed E-state index contributed by atoms with van der Waals surface area (Å²) in [5, 5.41) is 2.96. The molecule has 1 fully saturated rings. The van der Waals surface area contributed by atoms with E-state index in [0.29, 0.717) is 18.7 Å². The standard InChI is InChI=1S/C28H31N3O2/c1-3-21-5-9-23(10-6-21)27(32)29-25-13-15-26(16-14-25)30-17-19-31(20-18-30)28(33)24-11-7-22(4-2)8-12-24/h5-16H,3-4,17-20H2,1-2H3,(H,29,32). The third-order valence-electron chi connectivity index (χ3n) is 6.29. The van der Waals surface area contributed by atoms with E-state index in [1.165, 1.54) is 11.1 Å². The molecule has 0 spiro atoms. The van der Waals surface area contributed by atoms with Gasteiger partial charge < -0.3 is 15.1 Å². The number of benzene rings is 3. The van der Waals surface area contributed by atoms with Gasteiger partial charge in [0, 0.05) is 48.7 Å². The second-order valence-electron chi connectivity index (χ2n) is 8.38. The molecule has 2 amide bonds. The SMILES string of the molecule is CCc1ccc(C(=O)Nc2ccc(N3CCN(C(=O)c4ccc(CC)cc4)CC3)cc2)cc1. The number of carbonyl (C=O) groups is 2. The van der Waals surface area contributed by atoms with Crippen molar-refractivity contribution in [3.05, 3.63) is 95.1 Å². The highest BCUT2D eigenvalue weighted by Gasteiger charge is 2.22. The summed E-state index contributed by atoms with van der Waals surface area (Å²) in [6.07, 6.45) is 1.93. The molecular weight excluding hydrogens is 410 g/mol. The number of carbonyl (C=O) groups excluding carboxylic acids is 2. The van der Waals surface area contributed by atoms with E-state index in [4.69, 9.17) is 0 Å². The third kappa shape index (κ3) is 5.43. The number of hydrogen-bond acceptors (Lipinski definition) is 3. The molecule has 1 saturated heterocycles. The molecule has 1 aliphatic heterocycles. The average molecular weight is 442 g/mol. The fraction of sp³-hybridized carbons (Fsp3) is 0.286. The normalized spacial score (nSPS) is 13.6. The summed E-state index contributed by atoms with van der Waals surface area (Å²) in [5.41, 5.74) is 5.73. The molecule has 0 saturated carbocycles. The van der Waals surface area contributed by atoms with Gasteiger partial charge in [-0.25, -0.2) is 0 Å². The molecule has 1 heterocycles. The number of nitrogens with zero attached hydrogens (tertiary/aromatic N) is 2. The lowest BCUT2D eigenvalue weighted by Gasteiger charge is -2.36. The molecule has 0 atom stereocenters. The zero-order valence-electron chi connectivity index (χ0n) is 19.4. The topological polar surface area (TPSA) is 52.7 Å². The molecule has 1 aliphatic rings. The van der Waals surface area contributed by atoms with Gasteiger partial charge in [-0.1, -0.05) is 38.1 Å². The lowest BCUT2D eigenvalue weighted by atomic mass is 10.1. The molecule has 0 aromatic heterocycles. The summed E-state index contributed by atoms with van der Waals surface area (Å²) in [6, 6.07) is 23.5. The Morgan fingerprint density at radius 2 is 1.21 bits per heavy atom. The highest BCUT2D eigenvalue weighted by Crippen LogP contribution is 2.21. The van der Waals surface area contributed by atoms with Crippen molar-refractivity contribution in [2.45, 2.75) is 26.7 Å². The monoisotopic (exact) mass is 441 g/mol. The minimum Gasteiger partial charge on any atom is -0.368 e. The van der Waals surface area contributed by atoms with Gasteiger partial charge in [0.05, 0.1) is 0 Å². The Hall–Kier alpha value is -3.60. The molecule has 33 heavy (non-hydrogen) atoms. The van der Waals surface area contributed by atoms with E-state index in [2.05, 4.69) is 24.1 Å². The lowest BCUT2D eigenvalue weighted by molar-refractivity contribution is 0.0746. The highest BCUT2D eigenvalue weighted by molar-refractivity contribution is 6.04. The Kier molecular flexibility index (Phi) is 7.08. The fourth-order valence-corrected chi connectivity index (χ4v) is 4.08. The van der Waals surface area contributed by atoms with Crippen LogP contribution in [0.5, 0.6) is 0 Å². The van der Waals surface area contributed by atoms with Crippen molar-refractivity contribution >= 4 is 23.2 Å². The van der Waals surface area contributed by atoms with E-state index < -0.39 is 0 Å². The predicted octanol–water partition coefficient (Wildman–Crippen LogP) is 5.03. The van der Waals surface area contributed by atoms with E-state index in [1.807, 2.05) is 77.7 Å². The Morgan fingerprint density at radius 1 is 0.697 bits per heavy atom. The van der Waals surface area contributed by atoms with Crippen molar-refractivity contribution in [3.63, 3.8) is 0 Å². The van der Waals surface area contributed by atoms with Gasteiger partial charge in [-0.05, 0) is 72.5 Å². The van der Waals surface area contributed by atoms with Crippen LogP contribution >= 0.6 is 0 Å².